The van der Waals surface area contributed by atoms with Crippen molar-refractivity contribution in [3.05, 3.63) is 42.0 Å². The molecule has 0 saturated carbocycles. The molecule has 0 spiro atoms. The Hall–Kier alpha value is -1.81. The monoisotopic (exact) mass is 235 g/mol. The topological polar surface area (TPSA) is 58.6 Å². The summed E-state index contributed by atoms with van der Waals surface area (Å²) in [5.41, 5.74) is 1.62. The highest BCUT2D eigenvalue weighted by atomic mass is 16.5. The van der Waals surface area contributed by atoms with Gasteiger partial charge in [0.25, 0.3) is 0 Å². The SMILES string of the molecule is C=CCNC(C(=O)O)c1ccc(OC)c(C)c1. The molecule has 17 heavy (non-hydrogen) atoms. The zero-order valence-electron chi connectivity index (χ0n) is 10.1. The highest BCUT2D eigenvalue weighted by Crippen LogP contribution is 2.22. The Morgan fingerprint density at radius 3 is 2.82 bits per heavy atom. The van der Waals surface area contributed by atoms with E-state index in [0.717, 1.165) is 11.3 Å². The quantitative estimate of drug-likeness (QED) is 0.739. The number of hydrogen-bond acceptors (Lipinski definition) is 3. The van der Waals surface area contributed by atoms with Gasteiger partial charge in [-0.2, -0.15) is 0 Å². The molecule has 0 fully saturated rings. The average Bonchev–Trinajstić information content (AvgIpc) is 2.29. The third-order valence-corrected chi connectivity index (χ3v) is 2.47. The van der Waals surface area contributed by atoms with Gasteiger partial charge in [-0.15, -0.1) is 6.58 Å². The molecule has 1 aromatic rings. The molecule has 0 aliphatic carbocycles. The molecule has 1 unspecified atom stereocenters. The Kier molecular flexibility index (Phi) is 4.72. The minimum absolute atomic E-state index is 0.446. The number of aliphatic carboxylic acids is 1. The number of rotatable bonds is 6. The lowest BCUT2D eigenvalue weighted by Crippen LogP contribution is -2.28. The van der Waals surface area contributed by atoms with Crippen LogP contribution < -0.4 is 10.1 Å². The van der Waals surface area contributed by atoms with Crippen LogP contribution >= 0.6 is 0 Å². The van der Waals surface area contributed by atoms with Crippen molar-refractivity contribution in [2.75, 3.05) is 13.7 Å². The summed E-state index contributed by atoms with van der Waals surface area (Å²) in [5, 5.41) is 12.0. The van der Waals surface area contributed by atoms with Crippen molar-refractivity contribution in [2.45, 2.75) is 13.0 Å². The third kappa shape index (κ3) is 3.32. The summed E-state index contributed by atoms with van der Waals surface area (Å²) in [4.78, 5) is 11.1. The standard InChI is InChI=1S/C13H17NO3/c1-4-7-14-12(13(15)16)10-5-6-11(17-3)9(2)8-10/h4-6,8,12,14H,1,7H2,2-3H3,(H,15,16). The normalized spacial score (nSPS) is 11.9. The summed E-state index contributed by atoms with van der Waals surface area (Å²) in [6, 6.07) is 4.61. The van der Waals surface area contributed by atoms with Gasteiger partial charge in [0.2, 0.25) is 0 Å². The fourth-order valence-corrected chi connectivity index (χ4v) is 1.63. The van der Waals surface area contributed by atoms with Crippen molar-refractivity contribution >= 4 is 5.97 Å². The first kappa shape index (κ1) is 13.3. The number of aryl methyl sites for hydroxylation is 1. The highest BCUT2D eigenvalue weighted by Gasteiger charge is 2.19. The molecular weight excluding hydrogens is 218 g/mol. The Bertz CT molecular complexity index is 415. The third-order valence-electron chi connectivity index (χ3n) is 2.47. The maximum absolute atomic E-state index is 11.1. The van der Waals surface area contributed by atoms with Crippen LogP contribution in [0.3, 0.4) is 0 Å². The molecule has 0 aliphatic rings. The number of hydrogen-bond donors (Lipinski definition) is 2. The number of ether oxygens (including phenoxy) is 1. The van der Waals surface area contributed by atoms with Gasteiger partial charge in [0, 0.05) is 6.54 Å². The fraction of sp³-hybridized carbons (Fsp3) is 0.308. The molecule has 0 radical (unpaired) electrons. The lowest BCUT2D eigenvalue weighted by molar-refractivity contribution is -0.139. The smallest absolute Gasteiger partial charge is 0.325 e. The van der Waals surface area contributed by atoms with E-state index in [1.165, 1.54) is 0 Å². The average molecular weight is 235 g/mol. The van der Waals surface area contributed by atoms with E-state index in [2.05, 4.69) is 11.9 Å². The van der Waals surface area contributed by atoms with Crippen molar-refractivity contribution in [1.29, 1.82) is 0 Å². The van der Waals surface area contributed by atoms with Crippen LogP contribution in [-0.2, 0) is 4.79 Å². The summed E-state index contributed by atoms with van der Waals surface area (Å²) in [6.07, 6.45) is 1.63. The number of carboxylic acids is 1. The van der Waals surface area contributed by atoms with Crippen LogP contribution in [0.25, 0.3) is 0 Å². The molecule has 4 nitrogen and oxygen atoms in total. The summed E-state index contributed by atoms with van der Waals surface area (Å²) in [6.45, 7) is 5.89. The van der Waals surface area contributed by atoms with Gasteiger partial charge in [0.1, 0.15) is 11.8 Å². The van der Waals surface area contributed by atoms with Crippen molar-refractivity contribution in [2.24, 2.45) is 0 Å². The van der Waals surface area contributed by atoms with E-state index < -0.39 is 12.0 Å². The maximum Gasteiger partial charge on any atom is 0.325 e. The van der Waals surface area contributed by atoms with Gasteiger partial charge in [-0.3, -0.25) is 10.1 Å². The number of carbonyl (C=O) groups is 1. The molecule has 0 amide bonds. The van der Waals surface area contributed by atoms with Crippen molar-refractivity contribution in [3.8, 4) is 5.75 Å². The Morgan fingerprint density at radius 1 is 1.65 bits per heavy atom. The van der Waals surface area contributed by atoms with Crippen LogP contribution in [0.5, 0.6) is 5.75 Å². The Balaban J connectivity index is 2.98. The number of nitrogens with one attached hydrogen (secondary N) is 1. The van der Waals surface area contributed by atoms with Crippen LogP contribution in [0.4, 0.5) is 0 Å². The first-order valence-corrected chi connectivity index (χ1v) is 5.31. The molecular formula is C13H17NO3. The molecule has 1 rings (SSSR count). The van der Waals surface area contributed by atoms with Gasteiger partial charge in [0.05, 0.1) is 7.11 Å². The first-order chi connectivity index (χ1) is 8.10. The van der Waals surface area contributed by atoms with Gasteiger partial charge in [-0.1, -0.05) is 18.2 Å². The number of benzene rings is 1. The Labute approximate surface area is 101 Å². The minimum atomic E-state index is -0.906. The van der Waals surface area contributed by atoms with Gasteiger partial charge >= 0.3 is 5.97 Å². The van der Waals surface area contributed by atoms with E-state index in [1.807, 2.05) is 13.0 Å². The van der Waals surface area contributed by atoms with Crippen LogP contribution in [0, 0.1) is 6.92 Å². The number of methoxy groups -OCH3 is 1. The molecule has 1 atom stereocenters. The molecule has 0 bridgehead atoms. The summed E-state index contributed by atoms with van der Waals surface area (Å²) >= 11 is 0. The molecule has 0 aliphatic heterocycles. The van der Waals surface area contributed by atoms with Crippen LogP contribution in [0.15, 0.2) is 30.9 Å². The van der Waals surface area contributed by atoms with Gasteiger partial charge in [-0.25, -0.2) is 0 Å². The molecule has 0 aromatic heterocycles. The second-order valence-electron chi connectivity index (χ2n) is 3.70. The van der Waals surface area contributed by atoms with E-state index in [-0.39, 0.29) is 0 Å². The van der Waals surface area contributed by atoms with Crippen molar-refractivity contribution in [3.63, 3.8) is 0 Å². The zero-order valence-corrected chi connectivity index (χ0v) is 10.1. The Morgan fingerprint density at radius 2 is 2.35 bits per heavy atom. The first-order valence-electron chi connectivity index (χ1n) is 5.31. The molecule has 1 aromatic carbocycles. The summed E-state index contributed by atoms with van der Waals surface area (Å²) in [5.74, 6) is -0.155. The number of carboxylic acid groups (broad SMARTS) is 1. The van der Waals surface area contributed by atoms with E-state index in [1.54, 1.807) is 25.3 Å². The van der Waals surface area contributed by atoms with Gasteiger partial charge in [-0.05, 0) is 24.1 Å². The van der Waals surface area contributed by atoms with E-state index in [9.17, 15) is 4.79 Å². The van der Waals surface area contributed by atoms with Gasteiger partial charge < -0.3 is 9.84 Å². The van der Waals surface area contributed by atoms with Gasteiger partial charge in [0.15, 0.2) is 0 Å². The van der Waals surface area contributed by atoms with Crippen LogP contribution in [-0.4, -0.2) is 24.7 Å². The van der Waals surface area contributed by atoms with Crippen LogP contribution in [0.2, 0.25) is 0 Å². The van der Waals surface area contributed by atoms with Crippen LogP contribution in [0.1, 0.15) is 17.2 Å². The fourth-order valence-electron chi connectivity index (χ4n) is 1.63. The summed E-state index contributed by atoms with van der Waals surface area (Å²) in [7, 11) is 1.59. The molecule has 0 heterocycles. The molecule has 92 valence electrons. The molecule has 2 N–H and O–H groups in total. The minimum Gasteiger partial charge on any atom is -0.496 e. The van der Waals surface area contributed by atoms with Crippen molar-refractivity contribution in [1.82, 2.24) is 5.32 Å². The lowest BCUT2D eigenvalue weighted by atomic mass is 10.0. The molecule has 4 heteroatoms. The highest BCUT2D eigenvalue weighted by molar-refractivity contribution is 5.75. The van der Waals surface area contributed by atoms with E-state index >= 15 is 0 Å². The predicted octanol–water partition coefficient (Wildman–Crippen LogP) is 1.90. The second kappa shape index (κ2) is 6.06. The summed E-state index contributed by atoms with van der Waals surface area (Å²) < 4.78 is 5.14. The largest absolute Gasteiger partial charge is 0.496 e. The van der Waals surface area contributed by atoms with E-state index in [4.69, 9.17) is 9.84 Å². The molecule has 0 saturated heterocycles. The maximum atomic E-state index is 11.1. The second-order valence-corrected chi connectivity index (χ2v) is 3.70. The van der Waals surface area contributed by atoms with E-state index in [0.29, 0.717) is 12.1 Å². The predicted molar refractivity (Wildman–Crippen MR) is 66.3 cm³/mol. The zero-order chi connectivity index (χ0) is 12.8. The lowest BCUT2D eigenvalue weighted by Gasteiger charge is -2.15. The van der Waals surface area contributed by atoms with Crippen molar-refractivity contribution < 1.29 is 14.6 Å².